The van der Waals surface area contributed by atoms with Crippen molar-refractivity contribution in [1.29, 1.82) is 0 Å². The van der Waals surface area contributed by atoms with E-state index in [2.05, 4.69) is 15.6 Å². The van der Waals surface area contributed by atoms with Gasteiger partial charge in [0.1, 0.15) is 37.3 Å². The normalized spacial score (nSPS) is 25.8. The molecule has 7 rings (SSSR count). The third-order valence-electron chi connectivity index (χ3n) is 7.67. The lowest BCUT2D eigenvalue weighted by Gasteiger charge is -2.40. The minimum atomic E-state index is -1.48. The first-order valence-electron chi connectivity index (χ1n) is 12.8. The van der Waals surface area contributed by atoms with Crippen LogP contribution in [0.2, 0.25) is 0 Å². The zero-order valence-electron chi connectivity index (χ0n) is 21.1. The van der Waals surface area contributed by atoms with E-state index in [1.54, 1.807) is 31.2 Å². The maximum Gasteiger partial charge on any atom is 0.259 e. The van der Waals surface area contributed by atoms with Crippen molar-refractivity contribution in [2.45, 2.75) is 37.6 Å². The molecule has 0 spiro atoms. The second-order valence-corrected chi connectivity index (χ2v) is 10.2. The van der Waals surface area contributed by atoms with Crippen LogP contribution in [0.4, 0.5) is 5.69 Å². The Kier molecular flexibility index (Phi) is 5.44. The first-order valence-corrected chi connectivity index (χ1v) is 12.8. The van der Waals surface area contributed by atoms with Crippen molar-refractivity contribution in [3.05, 3.63) is 47.5 Å². The number of benzene rings is 3. The van der Waals surface area contributed by atoms with Crippen molar-refractivity contribution in [3.8, 4) is 28.4 Å². The Labute approximate surface area is 226 Å². The highest BCUT2D eigenvalue weighted by Crippen LogP contribution is 2.46. The van der Waals surface area contributed by atoms with Crippen LogP contribution in [0.15, 0.2) is 36.4 Å². The van der Waals surface area contributed by atoms with Crippen molar-refractivity contribution in [2.24, 2.45) is 0 Å². The van der Waals surface area contributed by atoms with Gasteiger partial charge in [-0.3, -0.25) is 14.9 Å². The van der Waals surface area contributed by atoms with E-state index in [1.165, 1.54) is 12.1 Å². The van der Waals surface area contributed by atoms with Crippen LogP contribution in [0.1, 0.15) is 27.6 Å². The van der Waals surface area contributed by atoms with Gasteiger partial charge in [-0.15, -0.1) is 0 Å². The highest BCUT2D eigenvalue weighted by atomic mass is 16.6. The number of aromatic amines is 1. The molecule has 4 heterocycles. The maximum atomic E-state index is 13.2. The number of aliphatic hydroxyl groups is 3. The Morgan fingerprint density at radius 2 is 1.57 bits per heavy atom. The molecule has 1 saturated heterocycles. The molecule has 1 aromatic heterocycles. The number of aromatic hydroxyl groups is 1. The molecule has 5 atom stereocenters. The summed E-state index contributed by atoms with van der Waals surface area (Å²) < 4.78 is 17.3. The second-order valence-electron chi connectivity index (χ2n) is 10.2. The van der Waals surface area contributed by atoms with Crippen LogP contribution in [0.5, 0.6) is 17.2 Å². The van der Waals surface area contributed by atoms with E-state index in [4.69, 9.17) is 14.2 Å². The molecule has 3 aliphatic rings. The number of hydrogen-bond acceptors (Lipinski definition) is 10. The van der Waals surface area contributed by atoms with E-state index in [0.29, 0.717) is 63.3 Å². The summed E-state index contributed by atoms with van der Waals surface area (Å²) in [7, 11) is 0. The van der Waals surface area contributed by atoms with Crippen LogP contribution in [0.25, 0.3) is 32.9 Å². The minimum absolute atomic E-state index is 0.0156. The molecule has 5 unspecified atom stereocenters. The third-order valence-corrected chi connectivity index (χ3v) is 7.67. The summed E-state index contributed by atoms with van der Waals surface area (Å²) in [5.41, 5.74) is 2.72. The molecule has 3 aliphatic heterocycles. The zero-order chi connectivity index (χ0) is 27.9. The number of hydrogen-bond donors (Lipinski definition) is 7. The van der Waals surface area contributed by atoms with Gasteiger partial charge in [-0.25, -0.2) is 0 Å². The summed E-state index contributed by atoms with van der Waals surface area (Å²) in [6.07, 6.45) is -6.14. The molecule has 206 valence electrons. The molecule has 4 aromatic rings. The van der Waals surface area contributed by atoms with Crippen LogP contribution >= 0.6 is 0 Å². The summed E-state index contributed by atoms with van der Waals surface area (Å²) in [5.74, 6) is -0.313. The average Bonchev–Trinajstić information content (AvgIpc) is 3.45. The number of aliphatic hydroxyl groups excluding tert-OH is 3. The van der Waals surface area contributed by atoms with Gasteiger partial charge in [0.15, 0.2) is 17.7 Å². The monoisotopic (exact) mass is 547 g/mol. The molecule has 12 heteroatoms. The summed E-state index contributed by atoms with van der Waals surface area (Å²) >= 11 is 0. The number of imide groups is 1. The van der Waals surface area contributed by atoms with Gasteiger partial charge in [0, 0.05) is 39.1 Å². The van der Waals surface area contributed by atoms with Crippen LogP contribution in [-0.2, 0) is 4.74 Å². The number of carbonyl (C=O) groups is 2. The number of amides is 2. The van der Waals surface area contributed by atoms with Crippen LogP contribution in [0.3, 0.4) is 0 Å². The quantitative estimate of drug-likeness (QED) is 0.186. The molecule has 0 bridgehead atoms. The Hall–Kier alpha value is -4.36. The standard InChI is InChI=1S/C28H25N3O9/c1-10-23(33)24(34)25(35)28(40-10)30-16-9-19-18(38-4-5-39-19)8-12(16)13-7-17-20(22-21(13)26(36)31-27(22)37)14-6-11(32)2-3-15(14)29-17/h2-3,6-10,23-25,28-30,32-35H,4-5H2,1H3,(H,31,36,37). The van der Waals surface area contributed by atoms with Gasteiger partial charge >= 0.3 is 0 Å². The number of nitrogens with one attached hydrogen (secondary N) is 3. The smallest absolute Gasteiger partial charge is 0.259 e. The predicted octanol–water partition coefficient (Wildman–Crippen LogP) is 1.59. The molecule has 3 aromatic carbocycles. The lowest BCUT2D eigenvalue weighted by molar-refractivity contribution is -0.209. The van der Waals surface area contributed by atoms with Crippen molar-refractivity contribution < 1.29 is 44.2 Å². The fraction of sp³-hybridized carbons (Fsp3) is 0.286. The van der Waals surface area contributed by atoms with Crippen molar-refractivity contribution in [1.82, 2.24) is 10.3 Å². The molecule has 1 fully saturated rings. The average molecular weight is 548 g/mol. The van der Waals surface area contributed by atoms with Gasteiger partial charge in [-0.2, -0.15) is 0 Å². The number of phenolic OH excluding ortho intramolecular Hbond substituents is 1. The number of anilines is 1. The first-order chi connectivity index (χ1) is 19.2. The molecular formula is C28H25N3O9. The van der Waals surface area contributed by atoms with Crippen molar-refractivity contribution in [2.75, 3.05) is 18.5 Å². The zero-order valence-corrected chi connectivity index (χ0v) is 21.1. The van der Waals surface area contributed by atoms with Crippen LogP contribution < -0.4 is 20.1 Å². The molecule has 40 heavy (non-hydrogen) atoms. The fourth-order valence-electron chi connectivity index (χ4n) is 5.71. The van der Waals surface area contributed by atoms with Crippen molar-refractivity contribution >= 4 is 39.3 Å². The molecule has 0 saturated carbocycles. The number of ether oxygens (including phenoxy) is 3. The van der Waals surface area contributed by atoms with E-state index in [1.807, 2.05) is 0 Å². The van der Waals surface area contributed by atoms with Gasteiger partial charge < -0.3 is 44.9 Å². The minimum Gasteiger partial charge on any atom is -0.508 e. The van der Waals surface area contributed by atoms with Gasteiger partial charge in [0.25, 0.3) is 11.8 Å². The van der Waals surface area contributed by atoms with E-state index >= 15 is 0 Å². The van der Waals surface area contributed by atoms with Gasteiger partial charge in [-0.05, 0) is 42.8 Å². The van der Waals surface area contributed by atoms with Gasteiger partial charge in [-0.1, -0.05) is 0 Å². The molecular weight excluding hydrogens is 522 g/mol. The molecule has 12 nitrogen and oxygen atoms in total. The van der Waals surface area contributed by atoms with Crippen LogP contribution in [-0.4, -0.2) is 81.1 Å². The Bertz CT molecular complexity index is 1730. The number of carbonyl (C=O) groups excluding carboxylic acids is 2. The fourth-order valence-corrected chi connectivity index (χ4v) is 5.71. The molecule has 0 aliphatic carbocycles. The lowest BCUT2D eigenvalue weighted by Crippen LogP contribution is -2.58. The van der Waals surface area contributed by atoms with Gasteiger partial charge in [0.2, 0.25) is 0 Å². The summed E-state index contributed by atoms with van der Waals surface area (Å²) in [4.78, 5) is 29.6. The van der Waals surface area contributed by atoms with Gasteiger partial charge in [0.05, 0.1) is 17.2 Å². The first kappa shape index (κ1) is 24.7. The van der Waals surface area contributed by atoms with Crippen LogP contribution in [0, 0.1) is 0 Å². The van der Waals surface area contributed by atoms with E-state index < -0.39 is 42.5 Å². The van der Waals surface area contributed by atoms with Crippen molar-refractivity contribution in [3.63, 3.8) is 0 Å². The SMILES string of the molecule is CC1OC(Nc2cc3c(cc2-c2cc4[nH]c5ccc(O)cc5c4c4c2C(=O)NC4=O)OCCO3)C(O)C(O)C1O. The number of H-pyrrole nitrogens is 1. The number of aromatic nitrogens is 1. The maximum absolute atomic E-state index is 13.2. The summed E-state index contributed by atoms with van der Waals surface area (Å²) in [6, 6.07) is 9.78. The Morgan fingerprint density at radius 3 is 2.35 bits per heavy atom. The summed E-state index contributed by atoms with van der Waals surface area (Å²) in [5, 5.41) is 47.8. The predicted molar refractivity (Wildman–Crippen MR) is 142 cm³/mol. The summed E-state index contributed by atoms with van der Waals surface area (Å²) in [6.45, 7) is 2.20. The lowest BCUT2D eigenvalue weighted by atomic mass is 9.91. The number of phenols is 1. The number of rotatable bonds is 3. The van der Waals surface area contributed by atoms with E-state index in [9.17, 15) is 30.0 Å². The highest BCUT2D eigenvalue weighted by Gasteiger charge is 2.42. The van der Waals surface area contributed by atoms with E-state index in [0.717, 1.165) is 0 Å². The highest BCUT2D eigenvalue weighted by molar-refractivity contribution is 6.32. The Morgan fingerprint density at radius 1 is 0.850 bits per heavy atom. The molecule has 0 radical (unpaired) electrons. The molecule has 7 N–H and O–H groups in total. The molecule has 2 amide bonds. The van der Waals surface area contributed by atoms with E-state index in [-0.39, 0.29) is 16.9 Å². The Balaban J connectivity index is 1.46. The third kappa shape index (κ3) is 3.61. The number of fused-ring (bicyclic) bond motifs is 6. The topological polar surface area (TPSA) is 183 Å². The largest absolute Gasteiger partial charge is 0.508 e. The second kappa shape index (κ2) is 8.83.